The lowest BCUT2D eigenvalue weighted by molar-refractivity contribution is -0.385. The predicted molar refractivity (Wildman–Crippen MR) is 83.7 cm³/mol. The first-order chi connectivity index (χ1) is 10.1. The minimum atomic E-state index is -0.396. The van der Waals surface area contributed by atoms with Crippen LogP contribution in [0, 0.1) is 10.1 Å². The summed E-state index contributed by atoms with van der Waals surface area (Å²) in [6.07, 6.45) is 0.820. The number of para-hydroxylation sites is 1. The summed E-state index contributed by atoms with van der Waals surface area (Å²) in [4.78, 5) is 10.6. The van der Waals surface area contributed by atoms with Gasteiger partial charge in [-0.3, -0.25) is 10.1 Å². The molecule has 108 valence electrons. The Bertz CT molecular complexity index is 690. The lowest BCUT2D eigenvalue weighted by Gasteiger charge is -2.27. The van der Waals surface area contributed by atoms with E-state index in [2.05, 4.69) is 21.2 Å². The van der Waals surface area contributed by atoms with E-state index in [0.717, 1.165) is 23.4 Å². The number of rotatable bonds is 3. The fraction of sp³-hybridized carbons (Fsp3) is 0.200. The van der Waals surface area contributed by atoms with E-state index in [0.29, 0.717) is 11.1 Å². The molecule has 0 radical (unpaired) electrons. The van der Waals surface area contributed by atoms with Crippen molar-refractivity contribution in [3.63, 3.8) is 0 Å². The molecule has 1 unspecified atom stereocenters. The maximum Gasteiger partial charge on any atom is 0.285 e. The van der Waals surface area contributed by atoms with E-state index in [4.69, 9.17) is 4.74 Å². The second-order valence-corrected chi connectivity index (χ2v) is 5.65. The number of nitrogens with zero attached hydrogens (tertiary/aromatic N) is 1. The number of nitro benzene ring substituents is 1. The van der Waals surface area contributed by atoms with Gasteiger partial charge in [0, 0.05) is 23.7 Å². The molecule has 0 aromatic heterocycles. The minimum Gasteiger partial charge on any atom is -0.493 e. The highest BCUT2D eigenvalue weighted by molar-refractivity contribution is 9.10. The van der Waals surface area contributed by atoms with E-state index in [-0.39, 0.29) is 11.7 Å². The van der Waals surface area contributed by atoms with Gasteiger partial charge in [-0.2, -0.15) is 0 Å². The highest BCUT2D eigenvalue weighted by Crippen LogP contribution is 2.35. The molecule has 0 bridgehead atoms. The van der Waals surface area contributed by atoms with Crippen LogP contribution in [-0.2, 0) is 0 Å². The number of nitrogens with one attached hydrogen (secondary N) is 1. The first kappa shape index (κ1) is 13.9. The van der Waals surface area contributed by atoms with Crippen LogP contribution >= 0.6 is 15.9 Å². The molecule has 5 nitrogen and oxygen atoms in total. The van der Waals surface area contributed by atoms with Gasteiger partial charge >= 0.3 is 0 Å². The summed E-state index contributed by atoms with van der Waals surface area (Å²) in [5.41, 5.74) is 1.86. The fourth-order valence-corrected chi connectivity index (χ4v) is 2.83. The fourth-order valence-electron chi connectivity index (χ4n) is 2.44. The summed E-state index contributed by atoms with van der Waals surface area (Å²) < 4.78 is 6.09. The van der Waals surface area contributed by atoms with Crippen molar-refractivity contribution < 1.29 is 9.66 Å². The van der Waals surface area contributed by atoms with Crippen molar-refractivity contribution in [2.24, 2.45) is 0 Å². The zero-order chi connectivity index (χ0) is 14.8. The SMILES string of the molecule is O=[N+]([O-])c1cc(NC2CCOc3ccccc32)ccc1Br. The van der Waals surface area contributed by atoms with Gasteiger partial charge in [-0.25, -0.2) is 0 Å². The summed E-state index contributed by atoms with van der Waals surface area (Å²) in [6.45, 7) is 0.632. The van der Waals surface area contributed by atoms with Crippen molar-refractivity contribution >= 4 is 27.3 Å². The summed E-state index contributed by atoms with van der Waals surface area (Å²) in [6, 6.07) is 13.0. The number of ether oxygens (including phenoxy) is 1. The summed E-state index contributed by atoms with van der Waals surface area (Å²) in [5, 5.41) is 14.3. The van der Waals surface area contributed by atoms with Gasteiger partial charge in [-0.1, -0.05) is 18.2 Å². The molecule has 0 aliphatic carbocycles. The smallest absolute Gasteiger partial charge is 0.285 e. The van der Waals surface area contributed by atoms with Crippen molar-refractivity contribution in [1.82, 2.24) is 0 Å². The molecule has 0 saturated heterocycles. The van der Waals surface area contributed by atoms with E-state index in [1.807, 2.05) is 30.3 Å². The molecule has 2 aromatic rings. The Morgan fingerprint density at radius 3 is 2.90 bits per heavy atom. The maximum absolute atomic E-state index is 11.0. The van der Waals surface area contributed by atoms with Gasteiger partial charge in [-0.15, -0.1) is 0 Å². The first-order valence-electron chi connectivity index (χ1n) is 6.57. The van der Waals surface area contributed by atoms with E-state index in [1.165, 1.54) is 0 Å². The zero-order valence-corrected chi connectivity index (χ0v) is 12.7. The van der Waals surface area contributed by atoms with Crippen molar-refractivity contribution in [2.75, 3.05) is 11.9 Å². The van der Waals surface area contributed by atoms with Gasteiger partial charge < -0.3 is 10.1 Å². The van der Waals surface area contributed by atoms with Crippen molar-refractivity contribution in [3.8, 4) is 5.75 Å². The summed E-state index contributed by atoms with van der Waals surface area (Å²) >= 11 is 3.19. The molecule has 0 spiro atoms. The lowest BCUT2D eigenvalue weighted by atomic mass is 10.0. The van der Waals surface area contributed by atoms with E-state index < -0.39 is 4.92 Å². The van der Waals surface area contributed by atoms with Crippen molar-refractivity contribution in [1.29, 1.82) is 0 Å². The molecule has 1 atom stereocenters. The zero-order valence-electron chi connectivity index (χ0n) is 11.1. The number of anilines is 1. The third kappa shape index (κ3) is 2.85. The number of nitro groups is 1. The minimum absolute atomic E-state index is 0.0559. The molecule has 1 aliphatic rings. The van der Waals surface area contributed by atoms with E-state index >= 15 is 0 Å². The van der Waals surface area contributed by atoms with Gasteiger partial charge in [0.15, 0.2) is 0 Å². The Morgan fingerprint density at radius 2 is 2.10 bits per heavy atom. The largest absolute Gasteiger partial charge is 0.493 e. The predicted octanol–water partition coefficient (Wildman–Crippen LogP) is 4.29. The Hall–Kier alpha value is -2.08. The molecule has 2 aromatic carbocycles. The van der Waals surface area contributed by atoms with Gasteiger partial charge in [0.25, 0.3) is 5.69 Å². The molecule has 3 rings (SSSR count). The normalized spacial score (nSPS) is 16.7. The molecule has 0 fully saturated rings. The third-order valence-corrected chi connectivity index (χ3v) is 4.11. The number of fused-ring (bicyclic) bond motifs is 1. The van der Waals surface area contributed by atoms with E-state index in [1.54, 1.807) is 12.1 Å². The van der Waals surface area contributed by atoms with Crippen LogP contribution < -0.4 is 10.1 Å². The third-order valence-electron chi connectivity index (χ3n) is 3.44. The number of halogens is 1. The molecule has 1 heterocycles. The van der Waals surface area contributed by atoms with Crippen LogP contribution in [0.4, 0.5) is 11.4 Å². The Morgan fingerprint density at radius 1 is 1.29 bits per heavy atom. The molecule has 1 N–H and O–H groups in total. The second-order valence-electron chi connectivity index (χ2n) is 4.80. The Balaban J connectivity index is 1.88. The highest BCUT2D eigenvalue weighted by atomic mass is 79.9. The Kier molecular flexibility index (Phi) is 3.79. The number of hydrogen-bond acceptors (Lipinski definition) is 4. The van der Waals surface area contributed by atoms with E-state index in [9.17, 15) is 10.1 Å². The molecule has 1 aliphatic heterocycles. The van der Waals surface area contributed by atoms with Crippen LogP contribution in [-0.4, -0.2) is 11.5 Å². The highest BCUT2D eigenvalue weighted by Gasteiger charge is 2.21. The molecule has 0 saturated carbocycles. The molecule has 6 heteroatoms. The maximum atomic E-state index is 11.0. The van der Waals surface area contributed by atoms with Crippen molar-refractivity contribution in [3.05, 3.63) is 62.6 Å². The quantitative estimate of drug-likeness (QED) is 0.663. The lowest BCUT2D eigenvalue weighted by Crippen LogP contribution is -2.20. The Labute approximate surface area is 130 Å². The number of benzene rings is 2. The molecule has 0 amide bonds. The monoisotopic (exact) mass is 348 g/mol. The topological polar surface area (TPSA) is 64.4 Å². The van der Waals surface area contributed by atoms with Crippen molar-refractivity contribution in [2.45, 2.75) is 12.5 Å². The summed E-state index contributed by atoms with van der Waals surface area (Å²) in [5.74, 6) is 0.868. The molecule has 21 heavy (non-hydrogen) atoms. The van der Waals surface area contributed by atoms with Crippen LogP contribution in [0.2, 0.25) is 0 Å². The van der Waals surface area contributed by atoms with Gasteiger partial charge in [0.05, 0.1) is 22.0 Å². The second kappa shape index (κ2) is 5.73. The average Bonchev–Trinajstić information content (AvgIpc) is 2.49. The van der Waals surface area contributed by atoms with Crippen LogP contribution in [0.5, 0.6) is 5.75 Å². The number of hydrogen-bond donors (Lipinski definition) is 1. The molecular weight excluding hydrogens is 336 g/mol. The van der Waals surface area contributed by atoms with Crippen LogP contribution in [0.3, 0.4) is 0 Å². The van der Waals surface area contributed by atoms with Crippen LogP contribution in [0.15, 0.2) is 46.9 Å². The van der Waals surface area contributed by atoms with Gasteiger partial charge in [0.2, 0.25) is 0 Å². The molecular formula is C15H13BrN2O3. The average molecular weight is 349 g/mol. The summed E-state index contributed by atoms with van der Waals surface area (Å²) in [7, 11) is 0. The van der Waals surface area contributed by atoms with Gasteiger partial charge in [0.1, 0.15) is 5.75 Å². The van der Waals surface area contributed by atoms with Crippen LogP contribution in [0.1, 0.15) is 18.0 Å². The first-order valence-corrected chi connectivity index (χ1v) is 7.36. The standard InChI is InChI=1S/C15H13BrN2O3/c16-12-6-5-10(9-14(12)18(19)20)17-13-7-8-21-15-4-2-1-3-11(13)15/h1-6,9,13,17H,7-8H2. The van der Waals surface area contributed by atoms with Gasteiger partial charge in [-0.05, 0) is 34.1 Å². The van der Waals surface area contributed by atoms with Crippen LogP contribution in [0.25, 0.3) is 0 Å².